The van der Waals surface area contributed by atoms with Crippen LogP contribution in [-0.4, -0.2) is 19.1 Å². The van der Waals surface area contributed by atoms with Crippen molar-refractivity contribution in [1.82, 2.24) is 0 Å². The van der Waals surface area contributed by atoms with Crippen molar-refractivity contribution >= 4 is 39.2 Å². The number of para-hydroxylation sites is 1. The SMILES string of the molecule is COc1ccc(C(=O)C2=C(SC)N(c3ccccc3)C(c3ccc(Br)cc3)C(C#N)=C2N)cc1. The molecule has 1 aliphatic heterocycles. The number of rotatable bonds is 6. The topological polar surface area (TPSA) is 79.3 Å². The van der Waals surface area contributed by atoms with E-state index >= 15 is 0 Å². The molecule has 0 fully saturated rings. The van der Waals surface area contributed by atoms with Crippen LogP contribution in [-0.2, 0) is 0 Å². The van der Waals surface area contributed by atoms with Crippen molar-refractivity contribution in [1.29, 1.82) is 5.26 Å². The highest BCUT2D eigenvalue weighted by Gasteiger charge is 2.38. The van der Waals surface area contributed by atoms with Gasteiger partial charge in [0.1, 0.15) is 5.75 Å². The fraction of sp³-hybridized carbons (Fsp3) is 0.111. The number of ether oxygens (including phenoxy) is 1. The number of halogens is 1. The van der Waals surface area contributed by atoms with Gasteiger partial charge in [0, 0.05) is 15.7 Å². The molecule has 1 unspecified atom stereocenters. The molecule has 1 aliphatic rings. The average Bonchev–Trinajstić information content (AvgIpc) is 2.88. The summed E-state index contributed by atoms with van der Waals surface area (Å²) in [6.45, 7) is 0. The Morgan fingerprint density at radius 2 is 1.71 bits per heavy atom. The average molecular weight is 532 g/mol. The lowest BCUT2D eigenvalue weighted by Gasteiger charge is -2.40. The second-order valence-corrected chi connectivity index (χ2v) is 9.25. The van der Waals surface area contributed by atoms with Crippen molar-refractivity contribution in [3.8, 4) is 11.8 Å². The van der Waals surface area contributed by atoms with Gasteiger partial charge in [0.15, 0.2) is 5.78 Å². The van der Waals surface area contributed by atoms with Crippen molar-refractivity contribution in [2.24, 2.45) is 5.73 Å². The van der Waals surface area contributed by atoms with Crippen LogP contribution < -0.4 is 15.4 Å². The molecule has 0 aliphatic carbocycles. The number of carbonyl (C=O) groups excluding carboxylic acids is 1. The van der Waals surface area contributed by atoms with E-state index in [-0.39, 0.29) is 11.5 Å². The largest absolute Gasteiger partial charge is 0.497 e. The molecule has 7 heteroatoms. The Labute approximate surface area is 211 Å². The summed E-state index contributed by atoms with van der Waals surface area (Å²) >= 11 is 4.91. The molecule has 0 saturated carbocycles. The summed E-state index contributed by atoms with van der Waals surface area (Å²) in [6.07, 6.45) is 1.91. The number of ketones is 1. The number of thioether (sulfide) groups is 1. The van der Waals surface area contributed by atoms with Crippen LogP contribution in [0.5, 0.6) is 5.75 Å². The van der Waals surface area contributed by atoms with Crippen molar-refractivity contribution in [2.75, 3.05) is 18.3 Å². The molecular formula is C27H22BrN3O2S. The minimum atomic E-state index is -0.477. The number of anilines is 1. The lowest BCUT2D eigenvalue weighted by atomic mass is 9.88. The van der Waals surface area contributed by atoms with Crippen LogP contribution >= 0.6 is 27.7 Å². The molecule has 0 amide bonds. The first-order valence-electron chi connectivity index (χ1n) is 10.5. The standard InChI is InChI=1S/C27H22BrN3O2S/c1-33-21-14-10-18(11-15-21)26(32)23-24(30)22(16-29)25(17-8-12-19(28)13-9-17)31(27(23)34-2)20-6-4-3-5-7-20/h3-15,25H,30H2,1-2H3. The fourth-order valence-corrected chi connectivity index (χ4v) is 5.09. The molecule has 4 rings (SSSR count). The van der Waals surface area contributed by atoms with Gasteiger partial charge >= 0.3 is 0 Å². The maximum atomic E-state index is 13.7. The minimum Gasteiger partial charge on any atom is -0.497 e. The van der Waals surface area contributed by atoms with E-state index in [1.165, 1.54) is 11.8 Å². The molecule has 0 bridgehead atoms. The monoisotopic (exact) mass is 531 g/mol. The quantitative estimate of drug-likeness (QED) is 0.380. The fourth-order valence-electron chi connectivity index (χ4n) is 4.01. The number of methoxy groups -OCH3 is 1. The summed E-state index contributed by atoms with van der Waals surface area (Å²) in [5, 5.41) is 10.9. The third-order valence-electron chi connectivity index (χ3n) is 5.64. The van der Waals surface area contributed by atoms with E-state index in [0.717, 1.165) is 15.7 Å². The minimum absolute atomic E-state index is 0.202. The van der Waals surface area contributed by atoms with Crippen LogP contribution in [0.25, 0.3) is 0 Å². The van der Waals surface area contributed by atoms with E-state index in [1.54, 1.807) is 31.4 Å². The normalized spacial score (nSPS) is 15.8. The molecular weight excluding hydrogens is 510 g/mol. The first kappa shape index (κ1) is 23.7. The van der Waals surface area contributed by atoms with Crippen molar-refractivity contribution in [2.45, 2.75) is 6.04 Å². The molecule has 170 valence electrons. The van der Waals surface area contributed by atoms with E-state index in [9.17, 15) is 10.1 Å². The Hall–Kier alpha value is -3.47. The Kier molecular flexibility index (Phi) is 7.11. The van der Waals surface area contributed by atoms with Gasteiger partial charge < -0.3 is 15.4 Å². The van der Waals surface area contributed by atoms with Crippen LogP contribution in [0.3, 0.4) is 0 Å². The highest BCUT2D eigenvalue weighted by molar-refractivity contribution is 9.10. The van der Waals surface area contributed by atoms with E-state index in [0.29, 0.717) is 27.5 Å². The van der Waals surface area contributed by atoms with Crippen LogP contribution in [0.4, 0.5) is 5.69 Å². The van der Waals surface area contributed by atoms with E-state index in [4.69, 9.17) is 10.5 Å². The number of hydrogen-bond acceptors (Lipinski definition) is 6. The predicted octanol–water partition coefficient (Wildman–Crippen LogP) is 6.21. The molecule has 0 aromatic heterocycles. The van der Waals surface area contributed by atoms with E-state index in [2.05, 4.69) is 22.0 Å². The summed E-state index contributed by atoms with van der Waals surface area (Å²) in [5.41, 5.74) is 9.69. The molecule has 1 heterocycles. The van der Waals surface area contributed by atoms with Gasteiger partial charge in [0.2, 0.25) is 0 Å². The second kappa shape index (κ2) is 10.2. The molecule has 0 radical (unpaired) electrons. The predicted molar refractivity (Wildman–Crippen MR) is 140 cm³/mol. The van der Waals surface area contributed by atoms with E-state index < -0.39 is 6.04 Å². The smallest absolute Gasteiger partial charge is 0.197 e. The number of nitrogens with two attached hydrogens (primary N) is 1. The Bertz CT molecular complexity index is 1310. The van der Waals surface area contributed by atoms with Crippen molar-refractivity contribution < 1.29 is 9.53 Å². The van der Waals surface area contributed by atoms with Crippen LogP contribution in [0, 0.1) is 11.3 Å². The lowest BCUT2D eigenvalue weighted by Crippen LogP contribution is -2.36. The molecule has 5 nitrogen and oxygen atoms in total. The van der Waals surface area contributed by atoms with Crippen molar-refractivity contribution in [3.05, 3.63) is 116 Å². The maximum absolute atomic E-state index is 13.7. The summed E-state index contributed by atoms with van der Waals surface area (Å²) in [7, 11) is 1.58. The summed E-state index contributed by atoms with van der Waals surface area (Å²) in [6, 6.07) is 26.2. The van der Waals surface area contributed by atoms with Gasteiger partial charge in [-0.1, -0.05) is 46.3 Å². The first-order chi connectivity index (χ1) is 16.5. The zero-order valence-corrected chi connectivity index (χ0v) is 21.1. The number of hydrogen-bond donors (Lipinski definition) is 1. The number of nitrogens with zero attached hydrogens (tertiary/aromatic N) is 2. The molecule has 2 N–H and O–H groups in total. The van der Waals surface area contributed by atoms with Crippen molar-refractivity contribution in [3.63, 3.8) is 0 Å². The molecule has 0 spiro atoms. The van der Waals surface area contributed by atoms with Gasteiger partial charge in [-0.05, 0) is 60.4 Å². The third kappa shape index (κ3) is 4.35. The molecule has 34 heavy (non-hydrogen) atoms. The van der Waals surface area contributed by atoms with Crippen LogP contribution in [0.2, 0.25) is 0 Å². The summed E-state index contributed by atoms with van der Waals surface area (Å²) in [4.78, 5) is 15.8. The van der Waals surface area contributed by atoms with Gasteiger partial charge in [-0.25, -0.2) is 0 Å². The number of benzene rings is 3. The van der Waals surface area contributed by atoms with Gasteiger partial charge in [-0.2, -0.15) is 5.26 Å². The van der Waals surface area contributed by atoms with Gasteiger partial charge in [0.05, 0.1) is 41.1 Å². The van der Waals surface area contributed by atoms with Crippen LogP contribution in [0.15, 0.2) is 105 Å². The summed E-state index contributed by atoms with van der Waals surface area (Å²) < 4.78 is 6.16. The highest BCUT2D eigenvalue weighted by atomic mass is 79.9. The Morgan fingerprint density at radius 3 is 2.26 bits per heavy atom. The molecule has 0 saturated heterocycles. The van der Waals surface area contributed by atoms with Crippen LogP contribution in [0.1, 0.15) is 22.0 Å². The Morgan fingerprint density at radius 1 is 1.06 bits per heavy atom. The Balaban J connectivity index is 1.96. The number of nitriles is 1. The van der Waals surface area contributed by atoms with E-state index in [1.807, 2.05) is 65.8 Å². The van der Waals surface area contributed by atoms with Gasteiger partial charge in [-0.15, -0.1) is 11.8 Å². The summed E-state index contributed by atoms with van der Waals surface area (Å²) in [5.74, 6) is 0.411. The van der Waals surface area contributed by atoms with Gasteiger partial charge in [0.25, 0.3) is 0 Å². The number of carbonyl (C=O) groups is 1. The maximum Gasteiger partial charge on any atom is 0.197 e. The number of allylic oxidation sites excluding steroid dienone is 1. The number of Topliss-reactive ketones (excluding diaryl/α,β-unsaturated/α-hetero) is 1. The molecule has 1 atom stereocenters. The molecule has 3 aromatic carbocycles. The second-order valence-electron chi connectivity index (χ2n) is 7.54. The van der Waals surface area contributed by atoms with Gasteiger partial charge in [-0.3, -0.25) is 4.79 Å². The highest BCUT2D eigenvalue weighted by Crippen LogP contribution is 2.46. The first-order valence-corrected chi connectivity index (χ1v) is 12.5. The molecule has 3 aromatic rings. The zero-order chi connectivity index (χ0) is 24.2. The zero-order valence-electron chi connectivity index (χ0n) is 18.7. The lowest BCUT2D eigenvalue weighted by molar-refractivity contribution is 0.103. The third-order valence-corrected chi connectivity index (χ3v) is 6.95.